The minimum atomic E-state index is -4.03. The van der Waals surface area contributed by atoms with Crippen LogP contribution >= 0.6 is 11.3 Å². The van der Waals surface area contributed by atoms with Crippen LogP contribution in [0.3, 0.4) is 0 Å². The molecule has 4 aromatic rings. The van der Waals surface area contributed by atoms with E-state index in [1.54, 1.807) is 23.4 Å². The van der Waals surface area contributed by atoms with Gasteiger partial charge in [-0.2, -0.15) is 4.31 Å². The lowest BCUT2D eigenvalue weighted by molar-refractivity contribution is -0.123. The Hall–Kier alpha value is -3.48. The van der Waals surface area contributed by atoms with Gasteiger partial charge in [0.15, 0.2) is 16.8 Å². The number of anilines is 1. The van der Waals surface area contributed by atoms with Gasteiger partial charge in [0, 0.05) is 31.4 Å². The van der Waals surface area contributed by atoms with Crippen LogP contribution in [0.4, 0.5) is 13.9 Å². The average molecular weight is 573 g/mol. The number of amides is 1. The lowest BCUT2D eigenvalue weighted by atomic mass is 9.96. The second-order valence-electron chi connectivity index (χ2n) is 9.10. The number of nitrogens with zero attached hydrogens (tertiary/aromatic N) is 4. The lowest BCUT2D eigenvalue weighted by Gasteiger charge is -2.33. The minimum Gasteiger partial charge on any atom is -0.494 e. The van der Waals surface area contributed by atoms with Crippen LogP contribution in [0.5, 0.6) is 5.75 Å². The van der Waals surface area contributed by atoms with E-state index in [1.165, 1.54) is 15.6 Å². The summed E-state index contributed by atoms with van der Waals surface area (Å²) in [7, 11) is -4.03. The summed E-state index contributed by atoms with van der Waals surface area (Å²) < 4.78 is 60.7. The summed E-state index contributed by atoms with van der Waals surface area (Å²) in [5, 5.41) is 0.532. The quantitative estimate of drug-likeness (QED) is 0.295. The van der Waals surface area contributed by atoms with Crippen molar-refractivity contribution in [3.8, 4) is 5.75 Å². The molecule has 3 heterocycles. The maximum atomic E-state index is 13.8. The Kier molecular flexibility index (Phi) is 7.87. The highest BCUT2D eigenvalue weighted by Crippen LogP contribution is 2.34. The van der Waals surface area contributed by atoms with Crippen molar-refractivity contribution in [2.24, 2.45) is 5.92 Å². The van der Waals surface area contributed by atoms with Crippen molar-refractivity contribution in [2.45, 2.75) is 31.2 Å². The molecular weight excluding hydrogens is 546 g/mol. The third kappa shape index (κ3) is 5.77. The molecule has 1 aliphatic heterocycles. The zero-order valence-electron chi connectivity index (χ0n) is 21.1. The van der Waals surface area contributed by atoms with E-state index < -0.39 is 27.6 Å². The number of benzene rings is 2. The standard InChI is InChI=1S/C27H26F2N4O4S2/c1-2-37-20-5-8-24-25(14-20)38-27(31-24)33(17-18-4-3-11-30-16-18)26(34)19-9-12-32(13-10-19)39(35,36)21-6-7-22(28)23(29)15-21/h3-8,11,14-16,19H,2,9-10,12-13,17H2,1H3. The number of aromatic nitrogens is 2. The molecule has 8 nitrogen and oxygen atoms in total. The molecule has 1 fully saturated rings. The number of thiazole rings is 1. The van der Waals surface area contributed by atoms with Gasteiger partial charge in [0.2, 0.25) is 15.9 Å². The van der Waals surface area contributed by atoms with Crippen LogP contribution in [0.25, 0.3) is 10.2 Å². The number of fused-ring (bicyclic) bond motifs is 1. The van der Waals surface area contributed by atoms with Gasteiger partial charge < -0.3 is 4.74 Å². The molecule has 0 unspecified atom stereocenters. The van der Waals surface area contributed by atoms with Crippen LogP contribution in [0, 0.1) is 17.6 Å². The Bertz CT molecular complexity index is 1590. The van der Waals surface area contributed by atoms with Crippen molar-refractivity contribution in [1.82, 2.24) is 14.3 Å². The van der Waals surface area contributed by atoms with E-state index in [4.69, 9.17) is 9.72 Å². The van der Waals surface area contributed by atoms with Gasteiger partial charge in [-0.05, 0) is 67.8 Å². The molecule has 0 aliphatic carbocycles. The number of carbonyl (C=O) groups is 1. The zero-order valence-corrected chi connectivity index (χ0v) is 22.7. The number of ether oxygens (including phenoxy) is 1. The van der Waals surface area contributed by atoms with Gasteiger partial charge in [-0.3, -0.25) is 14.7 Å². The summed E-state index contributed by atoms with van der Waals surface area (Å²) in [6, 6.07) is 11.8. The molecule has 5 rings (SSSR count). The van der Waals surface area contributed by atoms with Crippen LogP contribution in [-0.4, -0.2) is 48.3 Å². The van der Waals surface area contributed by atoms with E-state index in [0.717, 1.165) is 33.7 Å². The predicted octanol–water partition coefficient (Wildman–Crippen LogP) is 5.00. The number of sulfonamides is 1. The van der Waals surface area contributed by atoms with Gasteiger partial charge in [0.25, 0.3) is 0 Å². The first-order chi connectivity index (χ1) is 18.8. The Labute approximate surface area is 228 Å². The molecule has 1 saturated heterocycles. The van der Waals surface area contributed by atoms with E-state index >= 15 is 0 Å². The Balaban J connectivity index is 1.37. The number of piperidine rings is 1. The fourth-order valence-corrected chi connectivity index (χ4v) is 7.01. The average Bonchev–Trinajstić information content (AvgIpc) is 3.37. The van der Waals surface area contributed by atoms with E-state index in [1.807, 2.05) is 31.2 Å². The van der Waals surface area contributed by atoms with Gasteiger partial charge >= 0.3 is 0 Å². The van der Waals surface area contributed by atoms with Crippen molar-refractivity contribution in [3.63, 3.8) is 0 Å². The molecule has 0 bridgehead atoms. The van der Waals surface area contributed by atoms with Gasteiger partial charge in [-0.25, -0.2) is 22.2 Å². The van der Waals surface area contributed by atoms with E-state index in [2.05, 4.69) is 4.98 Å². The first-order valence-corrected chi connectivity index (χ1v) is 14.7. The molecule has 0 spiro atoms. The summed E-state index contributed by atoms with van der Waals surface area (Å²) in [5.74, 6) is -2.22. The Morgan fingerprint density at radius 1 is 1.13 bits per heavy atom. The summed E-state index contributed by atoms with van der Waals surface area (Å²) in [5.41, 5.74) is 1.58. The SMILES string of the molecule is CCOc1ccc2nc(N(Cc3cccnc3)C(=O)C3CCN(S(=O)(=O)c4ccc(F)c(F)c4)CC3)sc2c1. The largest absolute Gasteiger partial charge is 0.494 e. The van der Waals surface area contributed by atoms with Crippen molar-refractivity contribution >= 4 is 42.6 Å². The summed E-state index contributed by atoms with van der Waals surface area (Å²) in [6.45, 7) is 2.86. The first kappa shape index (κ1) is 27.1. The Morgan fingerprint density at radius 3 is 2.62 bits per heavy atom. The smallest absolute Gasteiger partial charge is 0.243 e. The highest BCUT2D eigenvalue weighted by Gasteiger charge is 2.35. The van der Waals surface area contributed by atoms with Crippen molar-refractivity contribution in [1.29, 1.82) is 0 Å². The minimum absolute atomic E-state index is 0.0794. The lowest BCUT2D eigenvalue weighted by Crippen LogP contribution is -2.44. The maximum absolute atomic E-state index is 13.8. The molecule has 1 amide bonds. The maximum Gasteiger partial charge on any atom is 0.243 e. The highest BCUT2D eigenvalue weighted by molar-refractivity contribution is 7.89. The Morgan fingerprint density at radius 2 is 1.92 bits per heavy atom. The molecule has 0 radical (unpaired) electrons. The van der Waals surface area contributed by atoms with E-state index in [0.29, 0.717) is 17.8 Å². The topological polar surface area (TPSA) is 92.7 Å². The van der Waals surface area contributed by atoms with Gasteiger partial charge in [-0.1, -0.05) is 17.4 Å². The van der Waals surface area contributed by atoms with E-state index in [9.17, 15) is 22.0 Å². The van der Waals surface area contributed by atoms with Crippen LogP contribution in [0.15, 0.2) is 65.8 Å². The molecule has 0 saturated carbocycles. The molecule has 0 atom stereocenters. The normalized spacial score (nSPS) is 14.9. The monoisotopic (exact) mass is 572 g/mol. The molecular formula is C27H26F2N4O4S2. The molecule has 1 aliphatic rings. The molecule has 2 aromatic carbocycles. The number of rotatable bonds is 8. The van der Waals surface area contributed by atoms with Crippen LogP contribution < -0.4 is 9.64 Å². The van der Waals surface area contributed by atoms with Gasteiger partial charge in [-0.15, -0.1) is 0 Å². The highest BCUT2D eigenvalue weighted by atomic mass is 32.2. The third-order valence-corrected chi connectivity index (χ3v) is 9.49. The molecule has 204 valence electrons. The number of hydrogen-bond donors (Lipinski definition) is 0. The van der Waals surface area contributed by atoms with E-state index in [-0.39, 0.29) is 43.3 Å². The number of carbonyl (C=O) groups excluding carboxylic acids is 1. The number of pyridine rings is 1. The second-order valence-corrected chi connectivity index (χ2v) is 12.0. The van der Waals surface area contributed by atoms with Crippen molar-refractivity contribution in [3.05, 3.63) is 78.1 Å². The summed E-state index contributed by atoms with van der Waals surface area (Å²) in [6.07, 6.45) is 3.92. The zero-order chi connectivity index (χ0) is 27.6. The van der Waals surface area contributed by atoms with Crippen LogP contribution in [0.2, 0.25) is 0 Å². The molecule has 0 N–H and O–H groups in total. The number of hydrogen-bond acceptors (Lipinski definition) is 7. The molecule has 39 heavy (non-hydrogen) atoms. The predicted molar refractivity (Wildman–Crippen MR) is 144 cm³/mol. The van der Waals surface area contributed by atoms with Gasteiger partial charge in [0.05, 0.1) is 28.3 Å². The molecule has 2 aromatic heterocycles. The molecule has 12 heteroatoms. The number of halogens is 2. The van der Waals surface area contributed by atoms with Crippen LogP contribution in [0.1, 0.15) is 25.3 Å². The third-order valence-electron chi connectivity index (χ3n) is 6.55. The van der Waals surface area contributed by atoms with Crippen LogP contribution in [-0.2, 0) is 21.4 Å². The summed E-state index contributed by atoms with van der Waals surface area (Å²) >= 11 is 1.38. The fourth-order valence-electron chi connectivity index (χ4n) is 4.53. The van der Waals surface area contributed by atoms with Crippen molar-refractivity contribution in [2.75, 3.05) is 24.6 Å². The first-order valence-electron chi connectivity index (χ1n) is 12.4. The fraction of sp³-hybridized carbons (Fsp3) is 0.296. The second kappa shape index (κ2) is 11.3. The van der Waals surface area contributed by atoms with Crippen molar-refractivity contribution < 1.29 is 26.7 Å². The van der Waals surface area contributed by atoms with Gasteiger partial charge in [0.1, 0.15) is 5.75 Å². The summed E-state index contributed by atoms with van der Waals surface area (Å²) in [4.78, 5) is 24.0.